The van der Waals surface area contributed by atoms with Crippen LogP contribution in [-0.4, -0.2) is 19.0 Å². The first-order valence-corrected chi connectivity index (χ1v) is 3.99. The Labute approximate surface area is 69.1 Å². The normalized spacial score (nSPS) is 13.3. The van der Waals surface area contributed by atoms with Crippen molar-refractivity contribution in [3.63, 3.8) is 0 Å². The molecule has 0 heterocycles. The second-order valence-electron chi connectivity index (χ2n) is 3.79. The summed E-state index contributed by atoms with van der Waals surface area (Å²) in [6, 6.07) is 0. The molecule has 0 aliphatic carbocycles. The molecule has 0 unspecified atom stereocenters. The smallest absolute Gasteiger partial charge is 0.188 e. The molecule has 0 fully saturated rings. The van der Waals surface area contributed by atoms with E-state index in [1.165, 1.54) is 0 Å². The Morgan fingerprint density at radius 1 is 1.45 bits per heavy atom. The van der Waals surface area contributed by atoms with Crippen molar-refractivity contribution in [3.8, 4) is 0 Å². The number of rotatable bonds is 2. The second-order valence-corrected chi connectivity index (χ2v) is 3.79. The third-order valence-corrected chi connectivity index (χ3v) is 1.08. The van der Waals surface area contributed by atoms with E-state index in [1.807, 2.05) is 6.92 Å². The molecule has 0 spiro atoms. The summed E-state index contributed by atoms with van der Waals surface area (Å²) in [4.78, 5) is 4.17. The molecule has 3 N–H and O–H groups in total. The van der Waals surface area contributed by atoms with E-state index in [-0.39, 0.29) is 5.41 Å². The van der Waals surface area contributed by atoms with Crippen LogP contribution in [0.1, 0.15) is 27.7 Å². The largest absolute Gasteiger partial charge is 0.370 e. The van der Waals surface area contributed by atoms with E-state index in [2.05, 4.69) is 31.1 Å². The molecule has 0 atom stereocenters. The predicted molar refractivity (Wildman–Crippen MR) is 49.6 cm³/mol. The number of hydrogen-bond acceptors (Lipinski definition) is 1. The van der Waals surface area contributed by atoms with Crippen LogP contribution in [0.5, 0.6) is 0 Å². The highest BCUT2D eigenvalue weighted by Crippen LogP contribution is 2.12. The van der Waals surface area contributed by atoms with E-state index in [1.54, 1.807) is 0 Å². The highest BCUT2D eigenvalue weighted by Gasteiger charge is 2.08. The third kappa shape index (κ3) is 7.16. The van der Waals surface area contributed by atoms with Crippen molar-refractivity contribution >= 4 is 5.96 Å². The van der Waals surface area contributed by atoms with Gasteiger partial charge in [-0.2, -0.15) is 0 Å². The van der Waals surface area contributed by atoms with Gasteiger partial charge in [-0.15, -0.1) is 0 Å². The van der Waals surface area contributed by atoms with Crippen molar-refractivity contribution in [1.29, 1.82) is 0 Å². The number of nitrogens with one attached hydrogen (secondary N) is 1. The minimum absolute atomic E-state index is 0.222. The van der Waals surface area contributed by atoms with Crippen molar-refractivity contribution in [2.24, 2.45) is 16.1 Å². The summed E-state index contributed by atoms with van der Waals surface area (Å²) in [5.74, 6) is 0.544. The number of nitrogens with two attached hydrogens (primary N) is 1. The monoisotopic (exact) mass is 157 g/mol. The Hall–Kier alpha value is -0.730. The molecule has 0 aromatic heterocycles. The fourth-order valence-corrected chi connectivity index (χ4v) is 0.559. The molecule has 0 radical (unpaired) electrons. The quantitative estimate of drug-likeness (QED) is 0.463. The van der Waals surface area contributed by atoms with Crippen molar-refractivity contribution in [1.82, 2.24) is 5.32 Å². The van der Waals surface area contributed by atoms with E-state index < -0.39 is 0 Å². The van der Waals surface area contributed by atoms with Crippen LogP contribution in [0.25, 0.3) is 0 Å². The van der Waals surface area contributed by atoms with Crippen molar-refractivity contribution < 1.29 is 0 Å². The lowest BCUT2D eigenvalue weighted by molar-refractivity contribution is 0.428. The maximum atomic E-state index is 5.53. The molecule has 0 saturated carbocycles. The zero-order valence-electron chi connectivity index (χ0n) is 7.94. The Kier molecular flexibility index (Phi) is 3.93. The van der Waals surface area contributed by atoms with Crippen LogP contribution in [0.2, 0.25) is 0 Å². The van der Waals surface area contributed by atoms with Gasteiger partial charge in [-0.3, -0.25) is 4.99 Å². The van der Waals surface area contributed by atoms with Crippen molar-refractivity contribution in [2.75, 3.05) is 13.1 Å². The van der Waals surface area contributed by atoms with E-state index >= 15 is 0 Å². The molecular weight excluding hydrogens is 138 g/mol. The molecule has 3 heteroatoms. The van der Waals surface area contributed by atoms with Crippen LogP contribution in [0.3, 0.4) is 0 Å². The van der Waals surface area contributed by atoms with Crippen molar-refractivity contribution in [3.05, 3.63) is 0 Å². The van der Waals surface area contributed by atoms with Gasteiger partial charge in [-0.05, 0) is 12.3 Å². The Morgan fingerprint density at radius 3 is 2.36 bits per heavy atom. The fourth-order valence-electron chi connectivity index (χ4n) is 0.559. The van der Waals surface area contributed by atoms with Gasteiger partial charge in [-0.1, -0.05) is 20.8 Å². The lowest BCUT2D eigenvalue weighted by atomic mass is 9.97. The van der Waals surface area contributed by atoms with Crippen LogP contribution < -0.4 is 11.1 Å². The minimum Gasteiger partial charge on any atom is -0.370 e. The zero-order chi connectivity index (χ0) is 8.91. The van der Waals surface area contributed by atoms with Gasteiger partial charge in [0.2, 0.25) is 0 Å². The second kappa shape index (κ2) is 4.21. The molecule has 0 saturated heterocycles. The molecule has 0 aliphatic heterocycles. The van der Waals surface area contributed by atoms with Crippen LogP contribution >= 0.6 is 0 Å². The Balaban J connectivity index is 3.73. The number of aliphatic imine (C=N–C) groups is 1. The number of guanidine groups is 1. The maximum Gasteiger partial charge on any atom is 0.188 e. The zero-order valence-corrected chi connectivity index (χ0v) is 7.94. The fraction of sp³-hybridized carbons (Fsp3) is 0.875. The molecule has 0 rings (SSSR count). The molecular formula is C8H19N3. The average Bonchev–Trinajstić information content (AvgIpc) is 1.83. The molecule has 0 bridgehead atoms. The highest BCUT2D eigenvalue weighted by atomic mass is 15.1. The van der Waals surface area contributed by atoms with E-state index in [9.17, 15) is 0 Å². The summed E-state index contributed by atoms with van der Waals surface area (Å²) < 4.78 is 0. The minimum atomic E-state index is 0.222. The van der Waals surface area contributed by atoms with Crippen LogP contribution in [-0.2, 0) is 0 Å². The van der Waals surface area contributed by atoms with Gasteiger partial charge in [0.1, 0.15) is 0 Å². The van der Waals surface area contributed by atoms with Gasteiger partial charge in [-0.25, -0.2) is 0 Å². The molecule has 0 aliphatic rings. The average molecular weight is 157 g/mol. The third-order valence-electron chi connectivity index (χ3n) is 1.08. The van der Waals surface area contributed by atoms with Crippen LogP contribution in [0.15, 0.2) is 4.99 Å². The standard InChI is InChI=1S/C8H19N3/c1-5-10-7(9)11-6-8(2,3)4/h5-6H2,1-4H3,(H3,9,10,11). The lowest BCUT2D eigenvalue weighted by Gasteiger charge is -2.14. The predicted octanol–water partition coefficient (Wildman–Crippen LogP) is 0.957. The van der Waals surface area contributed by atoms with Gasteiger partial charge >= 0.3 is 0 Å². The Morgan fingerprint density at radius 2 is 2.00 bits per heavy atom. The molecule has 66 valence electrons. The topological polar surface area (TPSA) is 50.4 Å². The van der Waals surface area contributed by atoms with Gasteiger partial charge < -0.3 is 11.1 Å². The van der Waals surface area contributed by atoms with E-state index in [4.69, 9.17) is 5.73 Å². The lowest BCUT2D eigenvalue weighted by Crippen LogP contribution is -2.32. The summed E-state index contributed by atoms with van der Waals surface area (Å²) in [6.45, 7) is 10.0. The summed E-state index contributed by atoms with van der Waals surface area (Å²) in [5.41, 5.74) is 5.75. The molecule has 0 aromatic rings. The number of nitrogens with zero attached hydrogens (tertiary/aromatic N) is 1. The molecule has 3 nitrogen and oxygen atoms in total. The first-order chi connectivity index (χ1) is 4.95. The first-order valence-electron chi connectivity index (χ1n) is 3.99. The van der Waals surface area contributed by atoms with Gasteiger partial charge in [0.15, 0.2) is 5.96 Å². The van der Waals surface area contributed by atoms with Gasteiger partial charge in [0, 0.05) is 13.1 Å². The molecule has 0 aromatic carbocycles. The van der Waals surface area contributed by atoms with Crippen LogP contribution in [0, 0.1) is 5.41 Å². The summed E-state index contributed by atoms with van der Waals surface area (Å²) in [5, 5.41) is 2.95. The SMILES string of the molecule is CCNC(N)=NCC(C)(C)C. The van der Waals surface area contributed by atoms with Gasteiger partial charge in [0.25, 0.3) is 0 Å². The van der Waals surface area contributed by atoms with Gasteiger partial charge in [0.05, 0.1) is 0 Å². The van der Waals surface area contributed by atoms with Crippen LogP contribution in [0.4, 0.5) is 0 Å². The molecule has 11 heavy (non-hydrogen) atoms. The van der Waals surface area contributed by atoms with Crippen molar-refractivity contribution in [2.45, 2.75) is 27.7 Å². The summed E-state index contributed by atoms with van der Waals surface area (Å²) in [6.07, 6.45) is 0. The first kappa shape index (κ1) is 10.3. The summed E-state index contributed by atoms with van der Waals surface area (Å²) >= 11 is 0. The van der Waals surface area contributed by atoms with E-state index in [0.29, 0.717) is 5.96 Å². The maximum absolute atomic E-state index is 5.53. The Bertz CT molecular complexity index is 133. The number of hydrogen-bond donors (Lipinski definition) is 2. The molecule has 0 amide bonds. The summed E-state index contributed by atoms with van der Waals surface area (Å²) in [7, 11) is 0. The highest BCUT2D eigenvalue weighted by molar-refractivity contribution is 5.77. The van der Waals surface area contributed by atoms with E-state index in [0.717, 1.165) is 13.1 Å².